The van der Waals surface area contributed by atoms with Gasteiger partial charge in [-0.15, -0.1) is 0 Å². The number of rotatable bonds is 4. The summed E-state index contributed by atoms with van der Waals surface area (Å²) in [5.74, 6) is 0. The Hall–Kier alpha value is -0.0800. The van der Waals surface area contributed by atoms with Gasteiger partial charge in [-0.1, -0.05) is 54.4 Å². The topological polar surface area (TPSA) is 6.48 Å². The molecule has 0 aromatic heterocycles. The van der Waals surface area contributed by atoms with Gasteiger partial charge in [-0.05, 0) is 37.8 Å². The van der Waals surface area contributed by atoms with Gasteiger partial charge in [0.1, 0.15) is 0 Å². The van der Waals surface area contributed by atoms with Gasteiger partial charge in [-0.25, -0.2) is 0 Å². The Balaban J connectivity index is 2.71. The first-order chi connectivity index (χ1) is 8.99. The zero-order valence-electron chi connectivity index (χ0n) is 15.3. The van der Waals surface area contributed by atoms with E-state index in [-0.39, 0.29) is 0 Å². The third-order valence-electron chi connectivity index (χ3n) is 4.27. The highest BCUT2D eigenvalue weighted by atomic mass is 15.2. The van der Waals surface area contributed by atoms with Crippen LogP contribution in [0.4, 0.5) is 0 Å². The van der Waals surface area contributed by atoms with Gasteiger partial charge in [-0.2, -0.15) is 0 Å². The average molecular weight is 283 g/mol. The van der Waals surface area contributed by atoms with E-state index >= 15 is 0 Å². The molecule has 1 saturated carbocycles. The molecule has 0 N–H and O–H groups in total. The van der Waals surface area contributed by atoms with Crippen molar-refractivity contribution in [2.75, 3.05) is 27.2 Å². The molecule has 1 aliphatic carbocycles. The second kappa shape index (κ2) is 6.79. The molecule has 2 atom stereocenters. The van der Waals surface area contributed by atoms with E-state index in [4.69, 9.17) is 0 Å². The summed E-state index contributed by atoms with van der Waals surface area (Å²) in [6, 6.07) is 1.46. The Morgan fingerprint density at radius 2 is 1.00 bits per heavy atom. The van der Waals surface area contributed by atoms with E-state index in [1.807, 2.05) is 0 Å². The summed E-state index contributed by atoms with van der Waals surface area (Å²) in [5.41, 5.74) is 0.776. The van der Waals surface area contributed by atoms with Crippen molar-refractivity contribution >= 4 is 0 Å². The molecule has 1 fully saturated rings. The number of nitrogens with zero attached hydrogens (tertiary/aromatic N) is 2. The highest BCUT2D eigenvalue weighted by Crippen LogP contribution is 2.29. The normalized spacial score (nSPS) is 25.5. The fourth-order valence-electron chi connectivity index (χ4n) is 3.85. The second-order valence-corrected chi connectivity index (χ2v) is 9.37. The standard InChI is InChI=1S/C18H38N2/c1-17(2,3)13-19(7)15-11-9-10-12-16(15)20(8)14-18(4,5)6/h15-16H,9-14H2,1-8H3/t15-,16-/m1/s1. The Morgan fingerprint density at radius 1 is 0.700 bits per heavy atom. The largest absolute Gasteiger partial charge is 0.301 e. The molecule has 2 heteroatoms. The van der Waals surface area contributed by atoms with Crippen LogP contribution in [-0.2, 0) is 0 Å². The molecular weight excluding hydrogens is 244 g/mol. The molecule has 0 heterocycles. The SMILES string of the molecule is CN(CC(C)(C)C)[C@@H]1CCCC[C@H]1N(C)CC(C)(C)C. The molecule has 0 amide bonds. The fraction of sp³-hybridized carbons (Fsp3) is 1.00. The van der Waals surface area contributed by atoms with Gasteiger partial charge in [-0.3, -0.25) is 0 Å². The number of likely N-dealkylation sites (N-methyl/N-ethyl adjacent to an activating group) is 2. The summed E-state index contributed by atoms with van der Waals surface area (Å²) < 4.78 is 0. The van der Waals surface area contributed by atoms with Crippen molar-refractivity contribution in [3.05, 3.63) is 0 Å². The number of hydrogen-bond acceptors (Lipinski definition) is 2. The summed E-state index contributed by atoms with van der Waals surface area (Å²) in [4.78, 5) is 5.26. The van der Waals surface area contributed by atoms with Gasteiger partial charge in [0.2, 0.25) is 0 Å². The molecular formula is C18H38N2. The molecule has 0 radical (unpaired) electrons. The lowest BCUT2D eigenvalue weighted by Crippen LogP contribution is -2.53. The molecule has 0 aliphatic heterocycles. The first kappa shape index (κ1) is 18.0. The Kier molecular flexibility index (Phi) is 6.10. The van der Waals surface area contributed by atoms with Crippen LogP contribution in [0.2, 0.25) is 0 Å². The lowest BCUT2D eigenvalue weighted by molar-refractivity contribution is 0.0440. The smallest absolute Gasteiger partial charge is 0.0248 e. The van der Waals surface area contributed by atoms with Crippen LogP contribution < -0.4 is 0 Å². The van der Waals surface area contributed by atoms with Crippen molar-refractivity contribution in [1.29, 1.82) is 0 Å². The van der Waals surface area contributed by atoms with Crippen LogP contribution in [0.25, 0.3) is 0 Å². The van der Waals surface area contributed by atoms with Crippen LogP contribution >= 0.6 is 0 Å². The van der Waals surface area contributed by atoms with E-state index in [1.54, 1.807) is 0 Å². The maximum atomic E-state index is 2.63. The minimum Gasteiger partial charge on any atom is -0.301 e. The van der Waals surface area contributed by atoms with E-state index in [2.05, 4.69) is 65.4 Å². The lowest BCUT2D eigenvalue weighted by Gasteiger charge is -2.45. The van der Waals surface area contributed by atoms with Crippen molar-refractivity contribution in [1.82, 2.24) is 9.80 Å². The van der Waals surface area contributed by atoms with Gasteiger partial charge in [0.25, 0.3) is 0 Å². The maximum Gasteiger partial charge on any atom is 0.0248 e. The van der Waals surface area contributed by atoms with Crippen molar-refractivity contribution in [2.45, 2.75) is 79.3 Å². The molecule has 0 bridgehead atoms. The molecule has 0 saturated heterocycles. The molecule has 0 aromatic rings. The monoisotopic (exact) mass is 282 g/mol. The first-order valence-corrected chi connectivity index (χ1v) is 8.40. The van der Waals surface area contributed by atoms with E-state index < -0.39 is 0 Å². The summed E-state index contributed by atoms with van der Waals surface area (Å²) >= 11 is 0. The van der Waals surface area contributed by atoms with Crippen molar-refractivity contribution in [3.63, 3.8) is 0 Å². The van der Waals surface area contributed by atoms with Crippen molar-refractivity contribution in [3.8, 4) is 0 Å². The average Bonchev–Trinajstić information content (AvgIpc) is 2.24. The molecule has 0 unspecified atom stereocenters. The van der Waals surface area contributed by atoms with E-state index in [0.717, 1.165) is 12.1 Å². The molecule has 1 aliphatic rings. The Labute approximate surface area is 127 Å². The molecule has 20 heavy (non-hydrogen) atoms. The molecule has 120 valence electrons. The summed E-state index contributed by atoms with van der Waals surface area (Å²) in [5, 5.41) is 0. The van der Waals surface area contributed by atoms with Gasteiger partial charge in [0.05, 0.1) is 0 Å². The minimum absolute atomic E-state index is 0.388. The van der Waals surface area contributed by atoms with Gasteiger partial charge >= 0.3 is 0 Å². The minimum atomic E-state index is 0.388. The Bertz CT molecular complexity index is 255. The molecule has 1 rings (SSSR count). The van der Waals surface area contributed by atoms with Crippen LogP contribution in [0.3, 0.4) is 0 Å². The van der Waals surface area contributed by atoms with Crippen LogP contribution in [0.15, 0.2) is 0 Å². The number of hydrogen-bond donors (Lipinski definition) is 0. The van der Waals surface area contributed by atoms with Gasteiger partial charge in [0.15, 0.2) is 0 Å². The molecule has 2 nitrogen and oxygen atoms in total. The van der Waals surface area contributed by atoms with Gasteiger partial charge in [0, 0.05) is 25.2 Å². The zero-order valence-corrected chi connectivity index (χ0v) is 15.3. The quantitative estimate of drug-likeness (QED) is 0.760. The van der Waals surface area contributed by atoms with Gasteiger partial charge < -0.3 is 9.80 Å². The van der Waals surface area contributed by atoms with Crippen molar-refractivity contribution in [2.24, 2.45) is 10.8 Å². The second-order valence-electron chi connectivity index (χ2n) is 9.37. The van der Waals surface area contributed by atoms with Crippen molar-refractivity contribution < 1.29 is 0 Å². The van der Waals surface area contributed by atoms with Crippen LogP contribution in [0, 0.1) is 10.8 Å². The van der Waals surface area contributed by atoms with Crippen LogP contribution in [0.5, 0.6) is 0 Å². The predicted molar refractivity (Wildman–Crippen MR) is 90.2 cm³/mol. The van der Waals surface area contributed by atoms with E-state index in [0.29, 0.717) is 10.8 Å². The third-order valence-corrected chi connectivity index (χ3v) is 4.27. The highest BCUT2D eigenvalue weighted by molar-refractivity contribution is 4.90. The third kappa shape index (κ3) is 6.13. The van der Waals surface area contributed by atoms with Crippen LogP contribution in [0.1, 0.15) is 67.2 Å². The lowest BCUT2D eigenvalue weighted by atomic mass is 9.85. The maximum absolute atomic E-state index is 2.63. The fourth-order valence-corrected chi connectivity index (χ4v) is 3.85. The zero-order chi connectivity index (χ0) is 15.6. The highest BCUT2D eigenvalue weighted by Gasteiger charge is 2.33. The molecule has 0 spiro atoms. The van der Waals surface area contributed by atoms with Crippen LogP contribution in [-0.4, -0.2) is 49.1 Å². The van der Waals surface area contributed by atoms with E-state index in [9.17, 15) is 0 Å². The predicted octanol–water partition coefficient (Wildman–Crippen LogP) is 4.25. The van der Waals surface area contributed by atoms with E-state index in [1.165, 1.54) is 38.8 Å². The molecule has 0 aromatic carbocycles. The summed E-state index contributed by atoms with van der Waals surface area (Å²) in [7, 11) is 4.67. The summed E-state index contributed by atoms with van der Waals surface area (Å²) in [6.07, 6.45) is 5.54. The summed E-state index contributed by atoms with van der Waals surface area (Å²) in [6.45, 7) is 16.5. The first-order valence-electron chi connectivity index (χ1n) is 8.40. The Morgan fingerprint density at radius 3 is 1.25 bits per heavy atom.